The Hall–Kier alpha value is -2.12. The highest BCUT2D eigenvalue weighted by molar-refractivity contribution is 7.92. The monoisotopic (exact) mass is 384 g/mol. The Labute approximate surface area is 151 Å². The maximum atomic E-state index is 13.5. The Morgan fingerprint density at radius 2 is 1.88 bits per heavy atom. The minimum Gasteiger partial charge on any atom is -0.324 e. The van der Waals surface area contributed by atoms with E-state index in [-0.39, 0.29) is 5.69 Å². The molecule has 0 radical (unpaired) electrons. The highest BCUT2D eigenvalue weighted by Gasteiger charge is 2.29. The van der Waals surface area contributed by atoms with Crippen LogP contribution >= 0.6 is 11.6 Å². The molecule has 2 aromatic carbocycles. The third kappa shape index (κ3) is 4.49. The van der Waals surface area contributed by atoms with Gasteiger partial charge in [-0.1, -0.05) is 23.7 Å². The fraction of sp³-hybridized carbons (Fsp3) is 0.235. The van der Waals surface area contributed by atoms with Crippen molar-refractivity contribution in [2.45, 2.75) is 19.9 Å². The molecule has 25 heavy (non-hydrogen) atoms. The van der Waals surface area contributed by atoms with Crippen molar-refractivity contribution in [1.29, 1.82) is 0 Å². The predicted octanol–water partition coefficient (Wildman–Crippen LogP) is 3.58. The first-order valence-corrected chi connectivity index (χ1v) is 9.65. The molecule has 5 nitrogen and oxygen atoms in total. The van der Waals surface area contributed by atoms with E-state index < -0.39 is 27.8 Å². The number of benzene rings is 2. The number of rotatable bonds is 5. The van der Waals surface area contributed by atoms with Crippen molar-refractivity contribution in [3.8, 4) is 0 Å². The van der Waals surface area contributed by atoms with Crippen LogP contribution in [0.15, 0.2) is 42.5 Å². The number of halogens is 2. The van der Waals surface area contributed by atoms with Crippen molar-refractivity contribution in [2.75, 3.05) is 15.9 Å². The second-order valence-corrected chi connectivity index (χ2v) is 7.88. The average Bonchev–Trinajstić information content (AvgIpc) is 2.50. The number of nitrogens with zero attached hydrogens (tertiary/aromatic N) is 1. The minimum absolute atomic E-state index is 0.0768. The lowest BCUT2D eigenvalue weighted by atomic mass is 10.2. The van der Waals surface area contributed by atoms with Gasteiger partial charge in [0.15, 0.2) is 0 Å². The molecular weight excluding hydrogens is 367 g/mol. The molecule has 8 heteroatoms. The van der Waals surface area contributed by atoms with Crippen molar-refractivity contribution < 1.29 is 17.6 Å². The van der Waals surface area contributed by atoms with E-state index >= 15 is 0 Å². The van der Waals surface area contributed by atoms with E-state index in [9.17, 15) is 17.6 Å². The number of sulfonamides is 1. The third-order valence-corrected chi connectivity index (χ3v) is 5.33. The largest absolute Gasteiger partial charge is 0.324 e. The molecule has 0 heterocycles. The standard InChI is InChI=1S/C17H18ClFN2O3S/c1-11-15(18)8-5-9-16(11)20-17(22)12(2)21(25(3,23)24)14-7-4-6-13(19)10-14/h4-10,12H,1-3H3,(H,20,22)/t12-/m1/s1. The molecule has 0 aliphatic heterocycles. The van der Waals surface area contributed by atoms with Gasteiger partial charge in [0.05, 0.1) is 11.9 Å². The quantitative estimate of drug-likeness (QED) is 0.856. The van der Waals surface area contributed by atoms with E-state index in [1.165, 1.54) is 25.1 Å². The highest BCUT2D eigenvalue weighted by atomic mass is 35.5. The minimum atomic E-state index is -3.81. The van der Waals surface area contributed by atoms with Gasteiger partial charge in [-0.2, -0.15) is 0 Å². The second-order valence-electron chi connectivity index (χ2n) is 5.62. The van der Waals surface area contributed by atoms with Gasteiger partial charge in [-0.05, 0) is 49.7 Å². The van der Waals surface area contributed by atoms with Crippen molar-refractivity contribution >= 4 is 38.9 Å². The van der Waals surface area contributed by atoms with Crippen LogP contribution in [0.5, 0.6) is 0 Å². The molecule has 1 amide bonds. The van der Waals surface area contributed by atoms with E-state index in [1.54, 1.807) is 25.1 Å². The molecule has 0 fully saturated rings. The SMILES string of the molecule is Cc1c(Cl)cccc1NC(=O)[C@@H](C)N(c1cccc(F)c1)S(C)(=O)=O. The van der Waals surface area contributed by atoms with Crippen molar-refractivity contribution in [3.05, 3.63) is 58.9 Å². The Morgan fingerprint density at radius 3 is 2.48 bits per heavy atom. The van der Waals surface area contributed by atoms with Crippen LogP contribution in [-0.4, -0.2) is 26.6 Å². The molecule has 0 aliphatic carbocycles. The van der Waals surface area contributed by atoms with Crippen molar-refractivity contribution in [1.82, 2.24) is 0 Å². The van der Waals surface area contributed by atoms with Gasteiger partial charge >= 0.3 is 0 Å². The summed E-state index contributed by atoms with van der Waals surface area (Å²) >= 11 is 6.03. The molecule has 0 bridgehead atoms. The number of amides is 1. The van der Waals surface area contributed by atoms with Gasteiger partial charge in [0.25, 0.3) is 0 Å². The van der Waals surface area contributed by atoms with Gasteiger partial charge in [-0.25, -0.2) is 12.8 Å². The van der Waals surface area contributed by atoms with Gasteiger partial charge in [-0.15, -0.1) is 0 Å². The maximum absolute atomic E-state index is 13.5. The van der Waals surface area contributed by atoms with Crippen LogP contribution in [0.1, 0.15) is 12.5 Å². The lowest BCUT2D eigenvalue weighted by Gasteiger charge is -2.28. The molecule has 134 valence electrons. The topological polar surface area (TPSA) is 66.5 Å². The molecular formula is C17H18ClFN2O3S. The van der Waals surface area contributed by atoms with Crippen LogP contribution in [0.2, 0.25) is 5.02 Å². The molecule has 0 aliphatic rings. The average molecular weight is 385 g/mol. The molecule has 0 saturated heterocycles. The summed E-state index contributed by atoms with van der Waals surface area (Å²) in [5, 5.41) is 3.15. The highest BCUT2D eigenvalue weighted by Crippen LogP contribution is 2.25. The molecule has 0 spiro atoms. The molecule has 0 saturated carbocycles. The fourth-order valence-electron chi connectivity index (χ4n) is 2.40. The van der Waals surface area contributed by atoms with Crippen molar-refractivity contribution in [3.63, 3.8) is 0 Å². The Kier molecular flexibility index (Phi) is 5.69. The summed E-state index contributed by atoms with van der Waals surface area (Å²) in [7, 11) is -3.81. The maximum Gasteiger partial charge on any atom is 0.248 e. The third-order valence-electron chi connectivity index (χ3n) is 3.68. The lowest BCUT2D eigenvalue weighted by molar-refractivity contribution is -0.116. The van der Waals surface area contributed by atoms with Gasteiger partial charge in [0.1, 0.15) is 11.9 Å². The first kappa shape index (κ1) is 19.2. The summed E-state index contributed by atoms with van der Waals surface area (Å²) in [4.78, 5) is 12.6. The zero-order valence-electron chi connectivity index (χ0n) is 14.0. The summed E-state index contributed by atoms with van der Waals surface area (Å²) < 4.78 is 38.7. The van der Waals surface area contributed by atoms with E-state index in [1.807, 2.05) is 0 Å². The summed E-state index contributed by atoms with van der Waals surface area (Å²) in [6, 6.07) is 9.02. The fourth-order valence-corrected chi connectivity index (χ4v) is 3.74. The van der Waals surface area contributed by atoms with Crippen molar-refractivity contribution in [2.24, 2.45) is 0 Å². The number of carbonyl (C=O) groups excluding carboxylic acids is 1. The van der Waals surface area contributed by atoms with E-state index in [0.717, 1.165) is 16.6 Å². The second kappa shape index (κ2) is 7.41. The Morgan fingerprint density at radius 1 is 1.24 bits per heavy atom. The Balaban J connectivity index is 2.35. The van der Waals surface area contributed by atoms with Crippen LogP contribution in [0.25, 0.3) is 0 Å². The summed E-state index contributed by atoms with van der Waals surface area (Å²) in [5.74, 6) is -1.15. The number of hydrogen-bond acceptors (Lipinski definition) is 3. The summed E-state index contributed by atoms with van der Waals surface area (Å²) in [6.45, 7) is 3.17. The Bertz CT molecular complexity index is 903. The van der Waals surface area contributed by atoms with E-state index in [2.05, 4.69) is 5.32 Å². The van der Waals surface area contributed by atoms with Gasteiger partial charge in [0, 0.05) is 10.7 Å². The van der Waals surface area contributed by atoms with Crippen LogP contribution < -0.4 is 9.62 Å². The smallest absolute Gasteiger partial charge is 0.248 e. The first-order chi connectivity index (χ1) is 11.6. The number of anilines is 2. The first-order valence-electron chi connectivity index (χ1n) is 7.42. The molecule has 2 aromatic rings. The number of carbonyl (C=O) groups is 1. The normalized spacial score (nSPS) is 12.5. The van der Waals surface area contributed by atoms with E-state index in [4.69, 9.17) is 11.6 Å². The van der Waals surface area contributed by atoms with Gasteiger partial charge in [0.2, 0.25) is 15.9 Å². The van der Waals surface area contributed by atoms with Crippen LogP contribution in [0.4, 0.5) is 15.8 Å². The predicted molar refractivity (Wildman–Crippen MR) is 98.0 cm³/mol. The molecule has 0 unspecified atom stereocenters. The van der Waals surface area contributed by atoms with Crippen LogP contribution in [0, 0.1) is 12.7 Å². The zero-order chi connectivity index (χ0) is 18.8. The van der Waals surface area contributed by atoms with Crippen LogP contribution in [-0.2, 0) is 14.8 Å². The summed E-state index contributed by atoms with van der Waals surface area (Å²) in [6.07, 6.45) is 0.965. The molecule has 0 aromatic heterocycles. The van der Waals surface area contributed by atoms with Crippen LogP contribution in [0.3, 0.4) is 0 Å². The molecule has 1 atom stereocenters. The molecule has 1 N–H and O–H groups in total. The van der Waals surface area contributed by atoms with Gasteiger partial charge in [-0.3, -0.25) is 9.10 Å². The van der Waals surface area contributed by atoms with Gasteiger partial charge < -0.3 is 5.32 Å². The number of hydrogen-bond donors (Lipinski definition) is 1. The number of nitrogens with one attached hydrogen (secondary N) is 1. The zero-order valence-corrected chi connectivity index (χ0v) is 15.5. The molecule has 2 rings (SSSR count). The summed E-state index contributed by atoms with van der Waals surface area (Å²) in [5.41, 5.74) is 1.23. The lowest BCUT2D eigenvalue weighted by Crippen LogP contribution is -2.45. The van der Waals surface area contributed by atoms with E-state index in [0.29, 0.717) is 16.3 Å².